The van der Waals surface area contributed by atoms with E-state index in [1.54, 1.807) is 17.0 Å². The molecule has 1 aliphatic rings. The fourth-order valence-electron chi connectivity index (χ4n) is 2.97. The number of rotatable bonds is 5. The second kappa shape index (κ2) is 9.03. The predicted molar refractivity (Wildman–Crippen MR) is 111 cm³/mol. The number of hydrogen-bond acceptors (Lipinski definition) is 5. The molecule has 1 fully saturated rings. The fraction of sp³-hybridized carbons (Fsp3) is 0.316. The topological polar surface area (TPSA) is 84.7 Å². The summed E-state index contributed by atoms with van der Waals surface area (Å²) in [6.45, 7) is 1.52. The predicted octanol–water partition coefficient (Wildman–Crippen LogP) is 4.41. The van der Waals surface area contributed by atoms with Crippen LogP contribution in [0.5, 0.6) is 0 Å². The van der Waals surface area contributed by atoms with Crippen molar-refractivity contribution in [3.05, 3.63) is 67.8 Å². The van der Waals surface area contributed by atoms with E-state index in [2.05, 4.69) is 27.9 Å². The van der Waals surface area contributed by atoms with Crippen LogP contribution < -0.4 is 5.32 Å². The highest BCUT2D eigenvalue weighted by Gasteiger charge is 2.24. The number of nitro benzene ring substituents is 1. The Bertz CT molecular complexity index is 808. The summed E-state index contributed by atoms with van der Waals surface area (Å²) in [4.78, 5) is 24.4. The molecule has 1 aliphatic heterocycles. The maximum Gasteiger partial charge on any atom is 0.410 e. The minimum absolute atomic E-state index is 0.0842. The number of hydrogen-bond donors (Lipinski definition) is 1. The molecule has 0 atom stereocenters. The molecule has 1 N–H and O–H groups in total. The quantitative estimate of drug-likeness (QED) is 0.389. The summed E-state index contributed by atoms with van der Waals surface area (Å²) in [5.41, 5.74) is 1.93. The standard InChI is InChI=1S/C19H20IN3O4/c20-17-12-16(23(25)26)6-7-18(17)21-15-8-10-22(11-9-15)19(24)27-13-14-4-2-1-3-5-14/h1-7,12,15,21H,8-11,13H2. The molecule has 2 aromatic rings. The first-order valence-electron chi connectivity index (χ1n) is 8.69. The maximum absolute atomic E-state index is 12.2. The zero-order valence-corrected chi connectivity index (χ0v) is 16.8. The van der Waals surface area contributed by atoms with Crippen molar-refractivity contribution in [1.82, 2.24) is 4.90 Å². The van der Waals surface area contributed by atoms with E-state index in [1.165, 1.54) is 6.07 Å². The number of non-ortho nitro benzene ring substituents is 1. The van der Waals surface area contributed by atoms with E-state index in [1.807, 2.05) is 30.3 Å². The third kappa shape index (κ3) is 5.31. The molecule has 7 nitrogen and oxygen atoms in total. The van der Waals surface area contributed by atoms with Crippen LogP contribution >= 0.6 is 22.6 Å². The lowest BCUT2D eigenvalue weighted by molar-refractivity contribution is -0.384. The first-order valence-corrected chi connectivity index (χ1v) is 9.77. The lowest BCUT2D eigenvalue weighted by Gasteiger charge is -2.32. The van der Waals surface area contributed by atoms with Gasteiger partial charge in [0.25, 0.3) is 5.69 Å². The van der Waals surface area contributed by atoms with Crippen molar-refractivity contribution >= 4 is 40.1 Å². The van der Waals surface area contributed by atoms with E-state index < -0.39 is 4.92 Å². The van der Waals surface area contributed by atoms with Crippen molar-refractivity contribution in [1.29, 1.82) is 0 Å². The number of piperidine rings is 1. The summed E-state index contributed by atoms with van der Waals surface area (Å²) in [6, 6.07) is 14.6. The van der Waals surface area contributed by atoms with Gasteiger partial charge in [0.05, 0.1) is 4.92 Å². The molecule has 1 heterocycles. The van der Waals surface area contributed by atoms with Crippen LogP contribution in [-0.2, 0) is 11.3 Å². The molecule has 8 heteroatoms. The van der Waals surface area contributed by atoms with Gasteiger partial charge in [-0.3, -0.25) is 10.1 Å². The molecular formula is C19H20IN3O4. The molecule has 0 saturated carbocycles. The number of anilines is 1. The van der Waals surface area contributed by atoms with Crippen molar-refractivity contribution < 1.29 is 14.5 Å². The Morgan fingerprint density at radius 2 is 1.93 bits per heavy atom. The van der Waals surface area contributed by atoms with Gasteiger partial charge in [-0.2, -0.15) is 0 Å². The molecule has 0 aromatic heterocycles. The summed E-state index contributed by atoms with van der Waals surface area (Å²) in [5, 5.41) is 14.3. The Balaban J connectivity index is 1.47. The summed E-state index contributed by atoms with van der Waals surface area (Å²) in [5.74, 6) is 0. The molecule has 0 unspecified atom stereocenters. The van der Waals surface area contributed by atoms with Crippen molar-refractivity contribution in [2.75, 3.05) is 18.4 Å². The van der Waals surface area contributed by atoms with Crippen LogP contribution in [0.1, 0.15) is 18.4 Å². The summed E-state index contributed by atoms with van der Waals surface area (Å²) in [7, 11) is 0. The smallest absolute Gasteiger partial charge is 0.410 e. The van der Waals surface area contributed by atoms with Crippen molar-refractivity contribution in [3.63, 3.8) is 0 Å². The molecule has 27 heavy (non-hydrogen) atoms. The van der Waals surface area contributed by atoms with E-state index in [0.717, 1.165) is 27.7 Å². The second-order valence-electron chi connectivity index (χ2n) is 6.37. The summed E-state index contributed by atoms with van der Waals surface area (Å²) in [6.07, 6.45) is 1.31. The fourth-order valence-corrected chi connectivity index (χ4v) is 3.63. The van der Waals surface area contributed by atoms with Crippen LogP contribution in [0.2, 0.25) is 0 Å². The summed E-state index contributed by atoms with van der Waals surface area (Å²) >= 11 is 2.10. The second-order valence-corrected chi connectivity index (χ2v) is 7.53. The van der Waals surface area contributed by atoms with Crippen LogP contribution in [0, 0.1) is 13.7 Å². The van der Waals surface area contributed by atoms with Crippen molar-refractivity contribution in [2.45, 2.75) is 25.5 Å². The highest BCUT2D eigenvalue weighted by atomic mass is 127. The van der Waals surface area contributed by atoms with Gasteiger partial charge in [0.15, 0.2) is 0 Å². The average molecular weight is 481 g/mol. The van der Waals surface area contributed by atoms with Crippen molar-refractivity contribution in [3.8, 4) is 0 Å². The largest absolute Gasteiger partial charge is 0.445 e. The number of nitrogens with zero attached hydrogens (tertiary/aromatic N) is 2. The summed E-state index contributed by atoms with van der Waals surface area (Å²) < 4.78 is 6.19. The van der Waals surface area contributed by atoms with Crippen molar-refractivity contribution in [2.24, 2.45) is 0 Å². The van der Waals surface area contributed by atoms with Crippen LogP contribution in [0.25, 0.3) is 0 Å². The third-order valence-electron chi connectivity index (χ3n) is 4.48. The van der Waals surface area contributed by atoms with E-state index in [-0.39, 0.29) is 24.4 Å². The monoisotopic (exact) mass is 481 g/mol. The first kappa shape index (κ1) is 19.4. The highest BCUT2D eigenvalue weighted by Crippen LogP contribution is 2.26. The molecule has 0 radical (unpaired) electrons. The average Bonchev–Trinajstić information content (AvgIpc) is 2.69. The van der Waals surface area contributed by atoms with Gasteiger partial charge < -0.3 is 15.0 Å². The third-order valence-corrected chi connectivity index (χ3v) is 5.37. The minimum Gasteiger partial charge on any atom is -0.445 e. The van der Waals surface area contributed by atoms with E-state index in [0.29, 0.717) is 13.1 Å². The molecule has 0 bridgehead atoms. The van der Waals surface area contributed by atoms with E-state index in [4.69, 9.17) is 4.74 Å². The molecule has 142 valence electrons. The lowest BCUT2D eigenvalue weighted by Crippen LogP contribution is -2.42. The first-order chi connectivity index (χ1) is 13.0. The van der Waals surface area contributed by atoms with Gasteiger partial charge >= 0.3 is 6.09 Å². The normalized spacial score (nSPS) is 14.6. The Hall–Kier alpha value is -2.36. The number of nitrogens with one attached hydrogen (secondary N) is 1. The molecular weight excluding hydrogens is 461 g/mol. The number of carbonyl (C=O) groups is 1. The molecule has 3 rings (SSSR count). The number of likely N-dealkylation sites (tertiary alicyclic amines) is 1. The van der Waals surface area contributed by atoms with Gasteiger partial charge in [-0.25, -0.2) is 4.79 Å². The number of nitro groups is 1. The molecule has 2 aromatic carbocycles. The SMILES string of the molecule is O=C(OCc1ccccc1)N1CCC(Nc2ccc([N+](=O)[O-])cc2I)CC1. The highest BCUT2D eigenvalue weighted by molar-refractivity contribution is 14.1. The minimum atomic E-state index is -0.397. The Kier molecular flexibility index (Phi) is 6.49. The van der Waals surface area contributed by atoms with E-state index in [9.17, 15) is 14.9 Å². The van der Waals surface area contributed by atoms with Crippen LogP contribution in [0.4, 0.5) is 16.2 Å². The van der Waals surface area contributed by atoms with Crippen LogP contribution in [0.15, 0.2) is 48.5 Å². The molecule has 1 saturated heterocycles. The molecule has 0 aliphatic carbocycles. The van der Waals surface area contributed by atoms with Gasteiger partial charge in [-0.15, -0.1) is 0 Å². The molecule has 1 amide bonds. The van der Waals surface area contributed by atoms with Gasteiger partial charge in [0, 0.05) is 40.5 Å². The number of carbonyl (C=O) groups excluding carboxylic acids is 1. The van der Waals surface area contributed by atoms with Gasteiger partial charge in [-0.1, -0.05) is 30.3 Å². The van der Waals surface area contributed by atoms with Crippen LogP contribution in [-0.4, -0.2) is 35.0 Å². The Morgan fingerprint density at radius 1 is 1.22 bits per heavy atom. The number of benzene rings is 2. The lowest BCUT2D eigenvalue weighted by atomic mass is 10.0. The Morgan fingerprint density at radius 3 is 2.56 bits per heavy atom. The van der Waals surface area contributed by atoms with Gasteiger partial charge in [0.2, 0.25) is 0 Å². The number of halogens is 1. The van der Waals surface area contributed by atoms with Crippen LogP contribution in [0.3, 0.4) is 0 Å². The number of ether oxygens (including phenoxy) is 1. The van der Waals surface area contributed by atoms with Gasteiger partial charge in [0.1, 0.15) is 6.61 Å². The molecule has 0 spiro atoms. The zero-order valence-electron chi connectivity index (χ0n) is 14.6. The van der Waals surface area contributed by atoms with E-state index >= 15 is 0 Å². The van der Waals surface area contributed by atoms with Gasteiger partial charge in [-0.05, 0) is 47.1 Å². The number of amides is 1. The zero-order chi connectivity index (χ0) is 19.2. The maximum atomic E-state index is 12.2. The Labute approximate surface area is 171 Å².